The van der Waals surface area contributed by atoms with Crippen molar-refractivity contribution in [1.82, 2.24) is 19.5 Å². The Hall–Kier alpha value is -3.14. The minimum absolute atomic E-state index is 0.0981. The maximum absolute atomic E-state index is 12.3. The lowest BCUT2D eigenvalue weighted by atomic mass is 10.4. The number of rotatable bonds is 15. The number of nitrogens with zero attached hydrogens (tertiary/aromatic N) is 2. The van der Waals surface area contributed by atoms with E-state index in [9.17, 15) is 19.2 Å². The molecule has 0 fully saturated rings. The molecule has 3 unspecified atom stereocenters. The number of hydrogen-bond donors (Lipinski definition) is 3. The predicted molar refractivity (Wildman–Crippen MR) is 162 cm³/mol. The van der Waals surface area contributed by atoms with Gasteiger partial charge < -0.3 is 29.0 Å². The number of carbonyl (C=O) groups is 3. The zero-order chi connectivity index (χ0) is 30.1. The van der Waals surface area contributed by atoms with Gasteiger partial charge in [-0.05, 0) is 27.9 Å². The number of carbonyl (C=O) groups excluding carboxylic acids is 4. The molecule has 0 aliphatic heterocycles. The molecule has 0 radical (unpaired) electrons. The highest BCUT2D eigenvalue weighted by atomic mass is 28.3. The van der Waals surface area contributed by atoms with E-state index < -0.39 is 39.0 Å². The van der Waals surface area contributed by atoms with Gasteiger partial charge in [0.2, 0.25) is 15.2 Å². The molecule has 0 saturated carbocycles. The van der Waals surface area contributed by atoms with E-state index >= 15 is 0 Å². The zero-order valence-corrected chi connectivity index (χ0v) is 27.1. The highest BCUT2D eigenvalue weighted by molar-refractivity contribution is 6.65. The summed E-state index contributed by atoms with van der Waals surface area (Å²) in [6.45, 7) is 26.0. The minimum Gasteiger partial charge on any atom is -0.461 e. The highest BCUT2D eigenvalue weighted by Crippen LogP contribution is 2.00. The third-order valence-electron chi connectivity index (χ3n) is 4.49. The molecule has 0 aromatic carbocycles. The molecule has 214 valence electrons. The quantitative estimate of drug-likeness (QED) is 0.0650. The molecule has 0 bridgehead atoms. The lowest BCUT2D eigenvalue weighted by Crippen LogP contribution is -2.55. The number of urea groups is 1. The summed E-state index contributed by atoms with van der Waals surface area (Å²) in [7, 11) is -0.173. The van der Waals surface area contributed by atoms with Crippen LogP contribution in [0, 0.1) is 0 Å². The second-order valence-electron chi connectivity index (χ2n) is 7.74. The van der Waals surface area contributed by atoms with Crippen LogP contribution in [-0.4, -0.2) is 96.1 Å². The van der Waals surface area contributed by atoms with Crippen molar-refractivity contribution < 1.29 is 28.7 Å². The van der Waals surface area contributed by atoms with Crippen molar-refractivity contribution in [2.45, 2.75) is 26.9 Å². The first-order valence-corrected chi connectivity index (χ1v) is 18.4. The topological polar surface area (TPSA) is 138 Å². The molecule has 3 N–H and O–H groups in total. The second-order valence-corrected chi connectivity index (χ2v) is 15.2. The Morgan fingerprint density at radius 3 is 1.79 bits per heavy atom. The molecule has 0 aromatic rings. The van der Waals surface area contributed by atoms with E-state index in [2.05, 4.69) is 64.1 Å². The van der Waals surface area contributed by atoms with Gasteiger partial charge >= 0.3 is 18.0 Å². The molecule has 0 aliphatic carbocycles. The smallest absolute Gasteiger partial charge is 0.333 e. The third-order valence-corrected chi connectivity index (χ3v) is 9.92. The minimum atomic E-state index is -1.69. The fraction of sp³-hybridized carbons (Fsp3) is 0.417. The molecule has 0 rings (SSSR count). The van der Waals surface area contributed by atoms with Crippen LogP contribution in [0.3, 0.4) is 0 Å². The number of nitrogens with one attached hydrogen (secondary N) is 3. The number of isocyanates is 1. The van der Waals surface area contributed by atoms with E-state index in [0.717, 1.165) is 0 Å². The summed E-state index contributed by atoms with van der Waals surface area (Å²) < 4.78 is 11.3. The van der Waals surface area contributed by atoms with Gasteiger partial charge in [0, 0.05) is 17.7 Å². The van der Waals surface area contributed by atoms with Crippen molar-refractivity contribution in [3.05, 3.63) is 61.1 Å². The van der Waals surface area contributed by atoms with Gasteiger partial charge in [0.1, 0.15) is 22.2 Å². The molecule has 11 nitrogen and oxygen atoms in total. The van der Waals surface area contributed by atoms with Crippen LogP contribution >= 0.6 is 0 Å². The van der Waals surface area contributed by atoms with E-state index in [1.54, 1.807) is 36.9 Å². The van der Waals surface area contributed by atoms with Crippen molar-refractivity contribution >= 4 is 51.1 Å². The first-order chi connectivity index (χ1) is 17.9. The number of aliphatic imine (C=N–C) groups is 1. The van der Waals surface area contributed by atoms with Gasteiger partial charge in [-0.2, -0.15) is 0 Å². The van der Waals surface area contributed by atoms with Crippen molar-refractivity contribution in [3.63, 3.8) is 0 Å². The summed E-state index contributed by atoms with van der Waals surface area (Å²) in [5, 5.41) is 0. The van der Waals surface area contributed by atoms with Crippen molar-refractivity contribution in [2.75, 3.05) is 40.4 Å². The van der Waals surface area contributed by atoms with Gasteiger partial charge in [-0.25, -0.2) is 19.4 Å². The van der Waals surface area contributed by atoms with Crippen LogP contribution < -0.4 is 14.9 Å². The van der Waals surface area contributed by atoms with Crippen LogP contribution in [0.2, 0.25) is 13.1 Å². The van der Waals surface area contributed by atoms with Crippen LogP contribution in [0.4, 0.5) is 4.79 Å². The molecule has 0 aromatic heterocycles. The summed E-state index contributed by atoms with van der Waals surface area (Å²) in [4.78, 5) is 56.1. The van der Waals surface area contributed by atoms with Crippen molar-refractivity contribution in [1.29, 1.82) is 0 Å². The zero-order valence-electron chi connectivity index (χ0n) is 23.7. The predicted octanol–water partition coefficient (Wildman–Crippen LogP) is 1.09. The third kappa shape index (κ3) is 22.1. The molecule has 0 saturated heterocycles. The number of ether oxygens (including phenoxy) is 2. The molecule has 0 spiro atoms. The molecule has 38 heavy (non-hydrogen) atoms. The summed E-state index contributed by atoms with van der Waals surface area (Å²) in [6, 6.07) is -0.175. The normalized spacial score (nSPS) is 11.5. The number of hydrogen-bond acceptors (Lipinski definition) is 9. The van der Waals surface area contributed by atoms with Crippen molar-refractivity contribution in [3.8, 4) is 0 Å². The Kier molecular flexibility index (Phi) is 26.4. The standard InChI is InChI=1S/C13H25N3O3Si2.C7H9NO3.C4H11NSi/c1-7-20(6)16(9-10-19-12(17)11(3)4)13(18)15-21(8-2)14-5;1-6(2)7(10)11-4-3-8-5-9;1-4-6(3)5-2/h7-8,14,20-21H,1-3,9-10H2,4-6H3,(H,15,18);1,3-4H2,2H3;4-6H,1H2,2-3H3. The van der Waals surface area contributed by atoms with Crippen LogP contribution in [-0.2, 0) is 23.9 Å². The van der Waals surface area contributed by atoms with Gasteiger partial charge in [-0.15, -0.1) is 19.7 Å². The molecule has 3 atom stereocenters. The number of amides is 2. The van der Waals surface area contributed by atoms with Crippen molar-refractivity contribution in [2.24, 2.45) is 4.99 Å². The monoisotopic (exact) mass is 583 g/mol. The molecule has 2 amide bonds. The Balaban J connectivity index is -0.000000596. The largest absolute Gasteiger partial charge is 0.461 e. The lowest BCUT2D eigenvalue weighted by molar-refractivity contribution is -0.139. The average Bonchev–Trinajstić information content (AvgIpc) is 2.91. The Labute approximate surface area is 232 Å². The maximum atomic E-state index is 12.3. The summed E-state index contributed by atoms with van der Waals surface area (Å²) in [6.07, 6.45) is 1.33. The fourth-order valence-electron chi connectivity index (χ4n) is 1.91. The Morgan fingerprint density at radius 1 is 0.921 bits per heavy atom. The second kappa shape index (κ2) is 25.5. The highest BCUT2D eigenvalue weighted by Gasteiger charge is 2.21. The van der Waals surface area contributed by atoms with E-state index in [1.807, 2.05) is 19.3 Å². The van der Waals surface area contributed by atoms with Gasteiger partial charge in [0.05, 0.1) is 6.54 Å². The summed E-state index contributed by atoms with van der Waals surface area (Å²) in [5.74, 6) is -0.914. The SMILES string of the molecule is C=C(C)C(=O)OCCN=C=O.C=C[SiH](C)NC.C=C[SiH](NC)NC(=O)N(CCOC(=O)C(=C)C)[SiH](C)C=C. The molecule has 0 aliphatic rings. The van der Waals surface area contributed by atoms with E-state index in [4.69, 9.17) is 4.74 Å². The maximum Gasteiger partial charge on any atom is 0.333 e. The van der Waals surface area contributed by atoms with Crippen LogP contribution in [0.5, 0.6) is 0 Å². The number of esters is 2. The van der Waals surface area contributed by atoms with E-state index in [1.165, 1.54) is 6.08 Å². The Bertz CT molecular complexity index is 849. The fourth-order valence-corrected chi connectivity index (χ4v) is 4.44. The molecular weight excluding hydrogens is 539 g/mol. The average molecular weight is 584 g/mol. The van der Waals surface area contributed by atoms with E-state index in [-0.39, 0.29) is 25.8 Å². The summed E-state index contributed by atoms with van der Waals surface area (Å²) in [5.41, 5.74) is 6.20. The van der Waals surface area contributed by atoms with Gasteiger partial charge in [-0.1, -0.05) is 43.3 Å². The van der Waals surface area contributed by atoms with Gasteiger partial charge in [-0.3, -0.25) is 4.79 Å². The van der Waals surface area contributed by atoms with Crippen LogP contribution in [0.15, 0.2) is 66.1 Å². The molecule has 14 heteroatoms. The first kappa shape index (κ1) is 39.4. The van der Waals surface area contributed by atoms with Gasteiger partial charge in [0.15, 0.2) is 8.96 Å². The van der Waals surface area contributed by atoms with Crippen LogP contribution in [0.25, 0.3) is 0 Å². The molecule has 0 heterocycles. The van der Waals surface area contributed by atoms with E-state index in [0.29, 0.717) is 17.7 Å². The lowest BCUT2D eigenvalue weighted by Gasteiger charge is -2.28. The van der Waals surface area contributed by atoms with Gasteiger partial charge in [0.25, 0.3) is 0 Å². The van der Waals surface area contributed by atoms with Crippen LogP contribution in [0.1, 0.15) is 13.8 Å². The molecular formula is C24H45N5O6Si3. The Morgan fingerprint density at radius 2 is 1.45 bits per heavy atom. The first-order valence-electron chi connectivity index (χ1n) is 11.8. The summed E-state index contributed by atoms with van der Waals surface area (Å²) >= 11 is 0.